The summed E-state index contributed by atoms with van der Waals surface area (Å²) in [6.45, 7) is 0. The number of rotatable bonds is 3. The third kappa shape index (κ3) is 3.55. The quantitative estimate of drug-likeness (QED) is 0.710. The number of benzene rings is 1. The molecule has 0 fully saturated rings. The molecule has 0 saturated carbocycles. The molecular formula is C15H11Cl2N3O2S. The second-order valence-electron chi connectivity index (χ2n) is 4.96. The van der Waals surface area contributed by atoms with Crippen LogP contribution in [-0.4, -0.2) is 24.6 Å². The van der Waals surface area contributed by atoms with E-state index in [9.17, 15) is 8.42 Å². The normalized spacial score (nSPS) is 11.6. The van der Waals surface area contributed by atoms with Crippen molar-refractivity contribution in [3.05, 3.63) is 52.9 Å². The van der Waals surface area contributed by atoms with Crippen molar-refractivity contribution in [3.8, 4) is 11.1 Å². The van der Waals surface area contributed by atoms with Gasteiger partial charge in [-0.2, -0.15) is 0 Å². The fourth-order valence-electron chi connectivity index (χ4n) is 2.17. The first kappa shape index (κ1) is 16.0. The fraction of sp³-hybridized carbons (Fsp3) is 0.0667. The van der Waals surface area contributed by atoms with Crippen LogP contribution >= 0.6 is 23.2 Å². The monoisotopic (exact) mass is 367 g/mol. The number of hydrogen-bond donors (Lipinski definition) is 1. The molecule has 8 heteroatoms. The van der Waals surface area contributed by atoms with Gasteiger partial charge in [0, 0.05) is 23.3 Å². The molecule has 5 nitrogen and oxygen atoms in total. The third-order valence-electron chi connectivity index (χ3n) is 3.16. The van der Waals surface area contributed by atoms with E-state index in [0.717, 1.165) is 22.7 Å². The number of hydrogen-bond acceptors (Lipinski definition) is 4. The van der Waals surface area contributed by atoms with E-state index < -0.39 is 10.0 Å². The summed E-state index contributed by atoms with van der Waals surface area (Å²) in [7, 11) is -3.45. The molecule has 0 spiro atoms. The van der Waals surface area contributed by atoms with Crippen LogP contribution in [0.2, 0.25) is 10.2 Å². The summed E-state index contributed by atoms with van der Waals surface area (Å²) >= 11 is 12.1. The van der Waals surface area contributed by atoms with Crippen LogP contribution in [0.4, 0.5) is 5.69 Å². The number of halogens is 2. The molecule has 3 rings (SSSR count). The lowest BCUT2D eigenvalue weighted by Crippen LogP contribution is -2.10. The minimum atomic E-state index is -3.45. The van der Waals surface area contributed by atoms with Gasteiger partial charge < -0.3 is 0 Å². The molecule has 0 radical (unpaired) electrons. The van der Waals surface area contributed by atoms with Crippen LogP contribution in [0, 0.1) is 0 Å². The Kier molecular flexibility index (Phi) is 4.14. The van der Waals surface area contributed by atoms with Crippen LogP contribution in [0.3, 0.4) is 0 Å². The maximum absolute atomic E-state index is 11.4. The molecule has 0 aliphatic rings. The molecule has 0 aliphatic carbocycles. The van der Waals surface area contributed by atoms with Crippen LogP contribution in [0.15, 0.2) is 42.7 Å². The Balaban J connectivity index is 2.11. The molecule has 3 aromatic rings. The van der Waals surface area contributed by atoms with Crippen molar-refractivity contribution in [1.29, 1.82) is 0 Å². The zero-order valence-electron chi connectivity index (χ0n) is 11.9. The Labute approximate surface area is 143 Å². The molecule has 1 aromatic carbocycles. The minimum Gasteiger partial charge on any atom is -0.281 e. The SMILES string of the molecule is CS(=O)(=O)Nc1cc(-c2ccc3nccc(Cl)c3c2)cnc1Cl. The van der Waals surface area contributed by atoms with Gasteiger partial charge in [0.25, 0.3) is 0 Å². The standard InChI is InChI=1S/C15H11Cl2N3O2S/c1-23(21,22)20-14-7-10(8-19-15(14)17)9-2-3-13-11(6-9)12(16)4-5-18-13/h2-8,20H,1H3. The lowest BCUT2D eigenvalue weighted by molar-refractivity contribution is 0.607. The highest BCUT2D eigenvalue weighted by Gasteiger charge is 2.10. The number of fused-ring (bicyclic) bond motifs is 1. The van der Waals surface area contributed by atoms with Crippen molar-refractivity contribution in [2.24, 2.45) is 0 Å². The third-order valence-corrected chi connectivity index (χ3v) is 4.38. The molecule has 1 N–H and O–H groups in total. The number of nitrogens with zero attached hydrogens (tertiary/aromatic N) is 2. The highest BCUT2D eigenvalue weighted by Crippen LogP contribution is 2.30. The van der Waals surface area contributed by atoms with Gasteiger partial charge in [0.15, 0.2) is 5.15 Å². The average molecular weight is 368 g/mol. The smallest absolute Gasteiger partial charge is 0.229 e. The summed E-state index contributed by atoms with van der Waals surface area (Å²) < 4.78 is 25.1. The second kappa shape index (κ2) is 5.96. The molecule has 0 aliphatic heterocycles. The number of sulfonamides is 1. The molecule has 0 amide bonds. The van der Waals surface area contributed by atoms with Crippen molar-refractivity contribution in [1.82, 2.24) is 9.97 Å². The first-order valence-corrected chi connectivity index (χ1v) is 9.16. The number of aromatic nitrogens is 2. The zero-order chi connectivity index (χ0) is 16.6. The highest BCUT2D eigenvalue weighted by atomic mass is 35.5. The van der Waals surface area contributed by atoms with Crippen molar-refractivity contribution in [3.63, 3.8) is 0 Å². The first-order valence-electron chi connectivity index (χ1n) is 6.51. The van der Waals surface area contributed by atoms with Gasteiger partial charge in [0.2, 0.25) is 10.0 Å². The van der Waals surface area contributed by atoms with Crippen molar-refractivity contribution in [2.45, 2.75) is 0 Å². The van der Waals surface area contributed by atoms with Gasteiger partial charge in [-0.3, -0.25) is 9.71 Å². The van der Waals surface area contributed by atoms with E-state index in [0.29, 0.717) is 10.6 Å². The van der Waals surface area contributed by atoms with Gasteiger partial charge in [0.05, 0.1) is 22.5 Å². The molecule has 23 heavy (non-hydrogen) atoms. The number of anilines is 1. The van der Waals surface area contributed by atoms with E-state index in [1.165, 1.54) is 0 Å². The summed E-state index contributed by atoms with van der Waals surface area (Å²) in [4.78, 5) is 8.28. The Morgan fingerprint density at radius 3 is 2.57 bits per heavy atom. The maximum atomic E-state index is 11.4. The van der Waals surface area contributed by atoms with Crippen molar-refractivity contribution >= 4 is 49.8 Å². The van der Waals surface area contributed by atoms with Crippen LogP contribution in [0.1, 0.15) is 0 Å². The van der Waals surface area contributed by atoms with E-state index in [1.54, 1.807) is 24.5 Å². The first-order chi connectivity index (χ1) is 10.8. The van der Waals surface area contributed by atoms with E-state index in [2.05, 4.69) is 14.7 Å². The number of nitrogens with one attached hydrogen (secondary N) is 1. The van der Waals surface area contributed by atoms with Gasteiger partial charge in [-0.25, -0.2) is 13.4 Å². The molecule has 0 atom stereocenters. The maximum Gasteiger partial charge on any atom is 0.229 e. The number of pyridine rings is 2. The van der Waals surface area contributed by atoms with Crippen LogP contribution < -0.4 is 4.72 Å². The topological polar surface area (TPSA) is 72.0 Å². The van der Waals surface area contributed by atoms with E-state index >= 15 is 0 Å². The predicted octanol–water partition coefficient (Wildman–Crippen LogP) is 3.98. The van der Waals surface area contributed by atoms with Gasteiger partial charge in [-0.15, -0.1) is 0 Å². The lowest BCUT2D eigenvalue weighted by atomic mass is 10.0. The van der Waals surface area contributed by atoms with Gasteiger partial charge in [-0.05, 0) is 29.8 Å². The Hall–Kier alpha value is -1.89. The Morgan fingerprint density at radius 1 is 1.04 bits per heavy atom. The lowest BCUT2D eigenvalue weighted by Gasteiger charge is -2.09. The van der Waals surface area contributed by atoms with Crippen molar-refractivity contribution < 1.29 is 8.42 Å². The summed E-state index contributed by atoms with van der Waals surface area (Å²) in [5.41, 5.74) is 2.54. The summed E-state index contributed by atoms with van der Waals surface area (Å²) in [5.74, 6) is 0. The molecule has 2 heterocycles. The molecule has 2 aromatic heterocycles. The van der Waals surface area contributed by atoms with E-state index in [1.807, 2.05) is 18.2 Å². The second-order valence-corrected chi connectivity index (χ2v) is 7.47. The van der Waals surface area contributed by atoms with E-state index in [-0.39, 0.29) is 10.8 Å². The minimum absolute atomic E-state index is 0.0830. The van der Waals surface area contributed by atoms with Gasteiger partial charge in [0.1, 0.15) is 0 Å². The predicted molar refractivity (Wildman–Crippen MR) is 93.5 cm³/mol. The molecule has 0 saturated heterocycles. The van der Waals surface area contributed by atoms with Crippen LogP contribution in [0.5, 0.6) is 0 Å². The Bertz CT molecular complexity index is 1010. The average Bonchev–Trinajstić information content (AvgIpc) is 2.48. The summed E-state index contributed by atoms with van der Waals surface area (Å²) in [6, 6.07) is 8.92. The molecule has 0 bridgehead atoms. The Morgan fingerprint density at radius 2 is 1.83 bits per heavy atom. The zero-order valence-corrected chi connectivity index (χ0v) is 14.2. The summed E-state index contributed by atoms with van der Waals surface area (Å²) in [6.07, 6.45) is 4.26. The van der Waals surface area contributed by atoms with E-state index in [4.69, 9.17) is 23.2 Å². The van der Waals surface area contributed by atoms with Gasteiger partial charge >= 0.3 is 0 Å². The van der Waals surface area contributed by atoms with Gasteiger partial charge in [-0.1, -0.05) is 29.3 Å². The van der Waals surface area contributed by atoms with Crippen LogP contribution in [0.25, 0.3) is 22.0 Å². The largest absolute Gasteiger partial charge is 0.281 e. The molecule has 0 unspecified atom stereocenters. The highest BCUT2D eigenvalue weighted by molar-refractivity contribution is 7.92. The molecular weight excluding hydrogens is 357 g/mol. The summed E-state index contributed by atoms with van der Waals surface area (Å²) in [5, 5.41) is 1.48. The fourth-order valence-corrected chi connectivity index (χ4v) is 3.14. The van der Waals surface area contributed by atoms with Crippen LogP contribution in [-0.2, 0) is 10.0 Å². The molecule has 118 valence electrons. The van der Waals surface area contributed by atoms with Crippen molar-refractivity contribution in [2.75, 3.05) is 11.0 Å².